The normalized spacial score (nSPS) is 10.6. The van der Waals surface area contributed by atoms with Crippen molar-refractivity contribution in [3.63, 3.8) is 0 Å². The van der Waals surface area contributed by atoms with Crippen molar-refractivity contribution >= 4 is 35.1 Å². The number of H-pyrrole nitrogens is 1. The van der Waals surface area contributed by atoms with E-state index in [1.807, 2.05) is 38.1 Å². The van der Waals surface area contributed by atoms with E-state index in [1.165, 1.54) is 0 Å². The van der Waals surface area contributed by atoms with Crippen LogP contribution < -0.4 is 5.32 Å². The summed E-state index contributed by atoms with van der Waals surface area (Å²) in [5.74, 6) is 1.75. The molecule has 4 nitrogen and oxygen atoms in total. The first kappa shape index (κ1) is 14.9. The van der Waals surface area contributed by atoms with Crippen LogP contribution in [0.2, 0.25) is 5.02 Å². The van der Waals surface area contributed by atoms with Crippen molar-refractivity contribution in [1.29, 1.82) is 0 Å². The summed E-state index contributed by atoms with van der Waals surface area (Å²) in [6.45, 7) is 3.85. The predicted octanol–water partition coefficient (Wildman–Crippen LogP) is 3.55. The van der Waals surface area contributed by atoms with E-state index >= 15 is 0 Å². The number of benzene rings is 1. The Bertz CT molecular complexity index is 595. The van der Waals surface area contributed by atoms with Gasteiger partial charge in [0.1, 0.15) is 0 Å². The van der Waals surface area contributed by atoms with Gasteiger partial charge >= 0.3 is 0 Å². The van der Waals surface area contributed by atoms with E-state index in [0.717, 1.165) is 27.6 Å². The number of thioether (sulfide) groups is 1. The fraction of sp³-hybridized carbons (Fsp3) is 0.286. The van der Waals surface area contributed by atoms with Gasteiger partial charge in [0.2, 0.25) is 5.91 Å². The van der Waals surface area contributed by atoms with Crippen molar-refractivity contribution < 1.29 is 4.79 Å². The van der Waals surface area contributed by atoms with Gasteiger partial charge in [-0.15, -0.1) is 11.8 Å². The molecule has 0 atom stereocenters. The molecule has 0 spiro atoms. The summed E-state index contributed by atoms with van der Waals surface area (Å²) in [6, 6.07) is 7.64. The maximum absolute atomic E-state index is 11.8. The van der Waals surface area contributed by atoms with E-state index in [1.54, 1.807) is 11.8 Å². The highest BCUT2D eigenvalue weighted by molar-refractivity contribution is 7.99. The Balaban J connectivity index is 1.78. The number of halogens is 1. The highest BCUT2D eigenvalue weighted by atomic mass is 35.5. The number of hydrogen-bond acceptors (Lipinski definition) is 3. The van der Waals surface area contributed by atoms with E-state index < -0.39 is 0 Å². The number of nitrogens with one attached hydrogen (secondary N) is 2. The molecule has 1 amide bonds. The van der Waals surface area contributed by atoms with Crippen LogP contribution in [0.15, 0.2) is 24.3 Å². The fourth-order valence-electron chi connectivity index (χ4n) is 1.62. The molecule has 0 aliphatic carbocycles. The van der Waals surface area contributed by atoms with Crippen LogP contribution in [0, 0.1) is 13.8 Å². The van der Waals surface area contributed by atoms with Crippen LogP contribution in [0.5, 0.6) is 0 Å². The van der Waals surface area contributed by atoms with E-state index in [0.29, 0.717) is 11.6 Å². The summed E-state index contributed by atoms with van der Waals surface area (Å²) < 4.78 is 0. The lowest BCUT2D eigenvalue weighted by molar-refractivity contribution is -0.113. The number of carbonyl (C=O) groups is 1. The second-order valence-electron chi connectivity index (χ2n) is 4.49. The summed E-state index contributed by atoms with van der Waals surface area (Å²) in [7, 11) is 0. The number of aryl methyl sites for hydroxylation is 1. The molecule has 2 N–H and O–H groups in total. The number of aromatic nitrogens is 2. The van der Waals surface area contributed by atoms with Gasteiger partial charge in [-0.2, -0.15) is 5.10 Å². The molecular weight excluding hydrogens is 294 g/mol. The largest absolute Gasteiger partial charge is 0.308 e. The standard InChI is InChI=1S/C14H16ClN3OS/c1-9-10(2)17-18-14(9)16-13(19)8-20-7-11-3-5-12(15)6-4-11/h3-6H,7-8H2,1-2H3,(H2,16,17,18,19). The van der Waals surface area contributed by atoms with Crippen molar-refractivity contribution in [3.05, 3.63) is 46.1 Å². The highest BCUT2D eigenvalue weighted by Crippen LogP contribution is 2.17. The van der Waals surface area contributed by atoms with Gasteiger partial charge < -0.3 is 5.32 Å². The number of carbonyl (C=O) groups excluding carboxylic acids is 1. The van der Waals surface area contributed by atoms with Gasteiger partial charge in [-0.05, 0) is 31.5 Å². The fourth-order valence-corrected chi connectivity index (χ4v) is 2.53. The molecule has 0 saturated heterocycles. The molecule has 0 radical (unpaired) electrons. The van der Waals surface area contributed by atoms with Gasteiger partial charge in [0.25, 0.3) is 0 Å². The zero-order chi connectivity index (χ0) is 14.5. The number of anilines is 1. The van der Waals surface area contributed by atoms with E-state index in [9.17, 15) is 4.79 Å². The number of hydrogen-bond donors (Lipinski definition) is 2. The number of nitrogens with zero attached hydrogens (tertiary/aromatic N) is 1. The van der Waals surface area contributed by atoms with Gasteiger partial charge in [-0.25, -0.2) is 0 Å². The molecule has 0 aliphatic rings. The van der Waals surface area contributed by atoms with Crippen LogP contribution in [0.3, 0.4) is 0 Å². The van der Waals surface area contributed by atoms with Gasteiger partial charge in [-0.3, -0.25) is 9.89 Å². The first-order valence-corrected chi connectivity index (χ1v) is 7.73. The number of aromatic amines is 1. The maximum atomic E-state index is 11.8. The summed E-state index contributed by atoms with van der Waals surface area (Å²) in [5, 5.41) is 10.4. The average Bonchev–Trinajstić information content (AvgIpc) is 2.73. The van der Waals surface area contributed by atoms with Crippen molar-refractivity contribution in [2.75, 3.05) is 11.1 Å². The third-order valence-corrected chi connectivity index (χ3v) is 4.18. The van der Waals surface area contributed by atoms with E-state index in [2.05, 4.69) is 15.5 Å². The summed E-state index contributed by atoms with van der Waals surface area (Å²) in [6.07, 6.45) is 0. The SMILES string of the molecule is Cc1[nH]nc(NC(=O)CSCc2ccc(Cl)cc2)c1C. The third kappa shape index (κ3) is 4.02. The molecule has 6 heteroatoms. The number of amides is 1. The van der Waals surface area contributed by atoms with Crippen LogP contribution in [0.1, 0.15) is 16.8 Å². The minimum absolute atomic E-state index is 0.0430. The smallest absolute Gasteiger partial charge is 0.235 e. The Kier molecular flexibility index (Phi) is 5.09. The molecule has 0 fully saturated rings. The number of rotatable bonds is 5. The molecule has 0 saturated carbocycles. The van der Waals surface area contributed by atoms with Crippen LogP contribution in [-0.2, 0) is 10.5 Å². The highest BCUT2D eigenvalue weighted by Gasteiger charge is 2.09. The molecule has 1 aromatic heterocycles. The Morgan fingerprint density at radius 3 is 2.65 bits per heavy atom. The molecular formula is C14H16ClN3OS. The maximum Gasteiger partial charge on any atom is 0.235 e. The second kappa shape index (κ2) is 6.81. The lowest BCUT2D eigenvalue weighted by Gasteiger charge is -2.04. The lowest BCUT2D eigenvalue weighted by atomic mass is 10.2. The zero-order valence-electron chi connectivity index (χ0n) is 11.4. The van der Waals surface area contributed by atoms with Gasteiger partial charge in [0.15, 0.2) is 5.82 Å². The molecule has 2 aromatic rings. The Morgan fingerprint density at radius 2 is 2.05 bits per heavy atom. The van der Waals surface area contributed by atoms with Gasteiger partial charge in [-0.1, -0.05) is 23.7 Å². The third-order valence-electron chi connectivity index (χ3n) is 2.93. The van der Waals surface area contributed by atoms with Crippen molar-refractivity contribution in [2.24, 2.45) is 0 Å². The van der Waals surface area contributed by atoms with E-state index in [-0.39, 0.29) is 5.91 Å². The first-order valence-electron chi connectivity index (χ1n) is 6.20. The minimum atomic E-state index is -0.0430. The average molecular weight is 310 g/mol. The quantitative estimate of drug-likeness (QED) is 0.888. The lowest BCUT2D eigenvalue weighted by Crippen LogP contribution is -2.15. The molecule has 0 bridgehead atoms. The Morgan fingerprint density at radius 1 is 1.35 bits per heavy atom. The van der Waals surface area contributed by atoms with Crippen molar-refractivity contribution in [1.82, 2.24) is 10.2 Å². The summed E-state index contributed by atoms with van der Waals surface area (Å²) in [5.41, 5.74) is 3.09. The van der Waals surface area contributed by atoms with Gasteiger partial charge in [0.05, 0.1) is 5.75 Å². The molecule has 1 heterocycles. The van der Waals surface area contributed by atoms with E-state index in [4.69, 9.17) is 11.6 Å². The molecule has 20 heavy (non-hydrogen) atoms. The topological polar surface area (TPSA) is 57.8 Å². The summed E-state index contributed by atoms with van der Waals surface area (Å²) >= 11 is 7.38. The van der Waals surface area contributed by atoms with Crippen LogP contribution in [-0.4, -0.2) is 21.9 Å². The van der Waals surface area contributed by atoms with Crippen LogP contribution in [0.25, 0.3) is 0 Å². The molecule has 106 valence electrons. The first-order chi connectivity index (χ1) is 9.56. The van der Waals surface area contributed by atoms with Crippen molar-refractivity contribution in [3.8, 4) is 0 Å². The molecule has 0 unspecified atom stereocenters. The zero-order valence-corrected chi connectivity index (χ0v) is 12.9. The van der Waals surface area contributed by atoms with Gasteiger partial charge in [0, 0.05) is 22.0 Å². The Hall–Kier alpha value is -1.46. The summed E-state index contributed by atoms with van der Waals surface area (Å²) in [4.78, 5) is 11.8. The van der Waals surface area contributed by atoms with Crippen molar-refractivity contribution in [2.45, 2.75) is 19.6 Å². The monoisotopic (exact) mass is 309 g/mol. The van der Waals surface area contributed by atoms with Crippen LogP contribution >= 0.6 is 23.4 Å². The van der Waals surface area contributed by atoms with Crippen LogP contribution in [0.4, 0.5) is 5.82 Å². The Labute approximate surface area is 127 Å². The predicted molar refractivity (Wildman–Crippen MR) is 84.3 cm³/mol. The second-order valence-corrected chi connectivity index (χ2v) is 5.91. The molecule has 0 aliphatic heterocycles. The molecule has 1 aromatic carbocycles. The molecule has 2 rings (SSSR count). The minimum Gasteiger partial charge on any atom is -0.308 e.